The van der Waals surface area contributed by atoms with Gasteiger partial charge in [-0.05, 0) is 163 Å². The highest BCUT2D eigenvalue weighted by molar-refractivity contribution is 5.98. The van der Waals surface area contributed by atoms with Gasteiger partial charge in [-0.2, -0.15) is 0 Å². The molecule has 0 aliphatic heterocycles. The zero-order chi connectivity index (χ0) is 60.7. The molecule has 1 N–H and O–H groups in total. The van der Waals surface area contributed by atoms with Gasteiger partial charge in [-0.25, -0.2) is 4.98 Å². The summed E-state index contributed by atoms with van der Waals surface area (Å²) in [5, 5.41) is 12.4. The number of aryl methyl sites for hydroxylation is 1. The number of nitrogens with zero attached hydrogens (tertiary/aromatic N) is 3. The number of imidazole rings is 1. The van der Waals surface area contributed by atoms with Crippen LogP contribution < -0.4 is 0 Å². The third-order valence-electron chi connectivity index (χ3n) is 13.1. The van der Waals surface area contributed by atoms with E-state index in [9.17, 15) is 12.0 Å². The maximum Gasteiger partial charge on any atom is 0.149 e. The van der Waals surface area contributed by atoms with Crippen LogP contribution in [0.15, 0.2) is 158 Å². The van der Waals surface area contributed by atoms with E-state index in [1.807, 2.05) is 122 Å². The molecule has 0 aliphatic rings. The Hall–Kier alpha value is -7.04. The van der Waals surface area contributed by atoms with Crippen LogP contribution in [0.25, 0.3) is 83.9 Å². The summed E-state index contributed by atoms with van der Waals surface area (Å²) in [6.45, 7) is 2.32. The summed E-state index contributed by atoms with van der Waals surface area (Å²) >= 11 is 0. The molecule has 0 radical (unpaired) electrons. The molecule has 0 bridgehead atoms. The molecule has 0 saturated heterocycles. The van der Waals surface area contributed by atoms with E-state index >= 15 is 0 Å². The fourth-order valence-corrected chi connectivity index (χ4v) is 9.37. The first-order chi connectivity index (χ1) is 38.5. The van der Waals surface area contributed by atoms with Crippen LogP contribution in [0.1, 0.15) is 152 Å². The molecule has 0 atom stereocenters. The zero-order valence-electron chi connectivity index (χ0n) is 54.5. The van der Waals surface area contributed by atoms with Crippen molar-refractivity contribution >= 4 is 11.0 Å². The number of pyridine rings is 1. The highest BCUT2D eigenvalue weighted by Gasteiger charge is 2.25. The van der Waals surface area contributed by atoms with Crippen molar-refractivity contribution in [3.63, 3.8) is 0 Å². The van der Waals surface area contributed by atoms with Crippen molar-refractivity contribution in [2.45, 2.75) is 112 Å². The van der Waals surface area contributed by atoms with Gasteiger partial charge in [-0.1, -0.05) is 173 Å². The van der Waals surface area contributed by atoms with Crippen LogP contribution in [-0.4, -0.2) is 19.6 Å². The molecule has 0 fully saturated rings. The van der Waals surface area contributed by atoms with Crippen molar-refractivity contribution in [1.29, 1.82) is 0 Å². The molecule has 0 aliphatic carbocycles. The lowest BCUT2D eigenvalue weighted by molar-refractivity contribution is 0.466. The van der Waals surface area contributed by atoms with Gasteiger partial charge < -0.3 is 5.11 Å². The summed E-state index contributed by atoms with van der Waals surface area (Å²) in [5.74, 6) is -1.94. The smallest absolute Gasteiger partial charge is 0.149 e. The number of benzene rings is 7. The van der Waals surface area contributed by atoms with E-state index in [-0.39, 0.29) is 28.7 Å². The Morgan fingerprint density at radius 3 is 1.88 bits per heavy atom. The summed E-state index contributed by atoms with van der Waals surface area (Å²) in [6, 6.07) is 45.4. The Kier molecular flexibility index (Phi) is 8.90. The third-order valence-corrected chi connectivity index (χ3v) is 13.1. The molecular formula is C65H67N3O. The number of phenolic OH excluding ortho intramolecular Hbond substituents is 1. The molecule has 0 unspecified atom stereocenters. The number of fused-ring (bicyclic) bond motifs is 1. The number of hydrogen-bond acceptors (Lipinski definition) is 3. The predicted molar refractivity (Wildman–Crippen MR) is 293 cm³/mol. The highest BCUT2D eigenvalue weighted by atomic mass is 16.3. The lowest BCUT2D eigenvalue weighted by Crippen LogP contribution is -2.10. The molecule has 4 nitrogen and oxygen atoms in total. The molecular weight excluding hydrogens is 839 g/mol. The maximum absolute atomic E-state index is 12.4. The quantitative estimate of drug-likeness (QED) is 0.141. The second kappa shape index (κ2) is 18.8. The zero-order valence-corrected chi connectivity index (χ0v) is 40.5. The van der Waals surface area contributed by atoms with Crippen LogP contribution in [0.2, 0.25) is 0 Å². The lowest BCUT2D eigenvalue weighted by atomic mass is 9.84. The molecule has 0 saturated carbocycles. The standard InChI is InChI=1S/C65H67N3O/c1-39(2)48-36-56(42(7)8)63(69)57(37-48)64-67-62-55(22-17-23-60(62)68(64)59-29-26-47(32-43(59)9)61-53(40(3)4)20-16-21-54(61)41(5)6)50-33-49(44-18-14-13-15-19-44)34-51(35-50)58-38-46(30-31-66-58)45-24-27-52(28-25-45)65(10,11)12/h13-42,69H,1-12H3/i9D3,10D3,11D3,12D3,40D,41D. The van der Waals surface area contributed by atoms with Crippen LogP contribution in [0.3, 0.4) is 0 Å². The van der Waals surface area contributed by atoms with Crippen molar-refractivity contribution < 1.29 is 24.3 Å². The Bertz CT molecular complexity index is 3830. The number of hydrogen-bond donors (Lipinski definition) is 1. The van der Waals surface area contributed by atoms with Gasteiger partial charge in [0.1, 0.15) is 11.6 Å². The first-order valence-corrected chi connectivity index (χ1v) is 23.5. The normalized spacial score (nSPS) is 16.1. The second-order valence-electron chi connectivity index (χ2n) is 19.1. The van der Waals surface area contributed by atoms with Crippen molar-refractivity contribution in [3.8, 4) is 78.6 Å². The fourth-order valence-electron chi connectivity index (χ4n) is 9.37. The second-order valence-corrected chi connectivity index (χ2v) is 19.1. The minimum atomic E-state index is -3.41. The van der Waals surface area contributed by atoms with E-state index in [1.54, 1.807) is 52.1 Å². The van der Waals surface area contributed by atoms with E-state index < -0.39 is 44.6 Å². The molecule has 0 amide bonds. The van der Waals surface area contributed by atoms with Crippen LogP contribution in [0, 0.1) is 6.85 Å². The maximum atomic E-state index is 12.4. The average Bonchev–Trinajstić information content (AvgIpc) is 1.51. The predicted octanol–water partition coefficient (Wildman–Crippen LogP) is 18.2. The minimum Gasteiger partial charge on any atom is -0.507 e. The van der Waals surface area contributed by atoms with Gasteiger partial charge in [0.15, 0.2) is 0 Å². The fraction of sp³-hybridized carbons (Fsp3) is 0.262. The van der Waals surface area contributed by atoms with Gasteiger partial charge in [-0.3, -0.25) is 9.55 Å². The molecule has 9 aromatic rings. The average molecular weight is 920 g/mol. The number of phenols is 1. The molecule has 2 aromatic heterocycles. The largest absolute Gasteiger partial charge is 0.507 e. The van der Waals surface area contributed by atoms with Gasteiger partial charge in [0.05, 0.1) is 28.0 Å². The van der Waals surface area contributed by atoms with Gasteiger partial charge >= 0.3 is 0 Å². The number of aromatic nitrogens is 3. The number of para-hydroxylation sites is 1. The van der Waals surface area contributed by atoms with Gasteiger partial charge in [0.2, 0.25) is 0 Å². The molecule has 7 aromatic carbocycles. The summed E-state index contributed by atoms with van der Waals surface area (Å²) in [4.78, 5) is 10.3. The highest BCUT2D eigenvalue weighted by Crippen LogP contribution is 2.45. The van der Waals surface area contributed by atoms with E-state index in [1.165, 1.54) is 24.3 Å². The molecule has 69 heavy (non-hydrogen) atoms. The Morgan fingerprint density at radius 1 is 0.551 bits per heavy atom. The molecule has 348 valence electrons. The van der Waals surface area contributed by atoms with Gasteiger partial charge in [0, 0.05) is 36.5 Å². The van der Waals surface area contributed by atoms with E-state index in [0.29, 0.717) is 83.9 Å². The van der Waals surface area contributed by atoms with Crippen LogP contribution in [-0.2, 0) is 5.41 Å². The molecule has 9 rings (SSSR count). The topological polar surface area (TPSA) is 50.9 Å². The van der Waals surface area contributed by atoms with Crippen LogP contribution >= 0.6 is 0 Å². The van der Waals surface area contributed by atoms with Crippen molar-refractivity contribution in [1.82, 2.24) is 14.5 Å². The number of aromatic hydroxyl groups is 1. The van der Waals surface area contributed by atoms with Crippen LogP contribution in [0.5, 0.6) is 5.75 Å². The van der Waals surface area contributed by atoms with Crippen molar-refractivity contribution in [3.05, 3.63) is 191 Å². The van der Waals surface area contributed by atoms with E-state index in [0.717, 1.165) is 22.3 Å². The lowest BCUT2D eigenvalue weighted by Gasteiger charge is -2.22. The van der Waals surface area contributed by atoms with Gasteiger partial charge in [0.25, 0.3) is 0 Å². The first-order valence-electron chi connectivity index (χ1n) is 30.5. The summed E-state index contributed by atoms with van der Waals surface area (Å²) in [5.41, 5.74) is 7.91. The van der Waals surface area contributed by atoms with Crippen molar-refractivity contribution in [2.75, 3.05) is 0 Å². The Labute approximate surface area is 430 Å². The SMILES string of the molecule is [2H]C([2H])([2H])c1cc(-c2c(C([2H])(C)C)cccc2C([2H])(C)C)ccc1-n1c(-c2cc(C(C)C)cc(C(C)C)c2O)nc2c(-c3cc(-c4ccccc4)cc(-c4cc(-c5ccc(C(C([2H])([2H])[2H])(C([2H])([2H])[2H])C([2H])([2H])[2H])cc5)ccn4)c3)cccc21. The first kappa shape index (κ1) is 32.7. The Morgan fingerprint density at radius 2 is 1.22 bits per heavy atom. The van der Waals surface area contributed by atoms with Crippen LogP contribution in [0.4, 0.5) is 0 Å². The summed E-state index contributed by atoms with van der Waals surface area (Å²) in [7, 11) is 0. The molecule has 0 spiro atoms. The third kappa shape index (κ3) is 9.18. The molecule has 2 heterocycles. The number of rotatable bonds is 11. The van der Waals surface area contributed by atoms with Crippen molar-refractivity contribution in [2.24, 2.45) is 0 Å². The molecule has 4 heteroatoms. The summed E-state index contributed by atoms with van der Waals surface area (Å²) < 4.78 is 122. The van der Waals surface area contributed by atoms with Gasteiger partial charge in [-0.15, -0.1) is 0 Å². The summed E-state index contributed by atoms with van der Waals surface area (Å²) in [6.07, 6.45) is 1.62. The Balaban J connectivity index is 1.30. The van der Waals surface area contributed by atoms with E-state index in [4.69, 9.17) is 22.3 Å². The monoisotopic (exact) mass is 920 g/mol. The minimum absolute atomic E-state index is 0.00372. The van der Waals surface area contributed by atoms with E-state index in [2.05, 4.69) is 19.9 Å².